The third-order valence-corrected chi connectivity index (χ3v) is 4.74. The molecule has 0 unspecified atom stereocenters. The molecule has 0 atom stereocenters. The van der Waals surface area contributed by atoms with E-state index in [1.54, 1.807) is 20.0 Å². The first-order valence-corrected chi connectivity index (χ1v) is 8.87. The van der Waals surface area contributed by atoms with Crippen LogP contribution in [0.1, 0.15) is 27.0 Å². The van der Waals surface area contributed by atoms with Crippen LogP contribution in [0.25, 0.3) is 0 Å². The van der Waals surface area contributed by atoms with Crippen LogP contribution >= 0.6 is 27.5 Å². The Kier molecular flexibility index (Phi) is 6.95. The number of aliphatic hydroxyl groups excluding tert-OH is 1. The van der Waals surface area contributed by atoms with Crippen molar-refractivity contribution in [3.8, 4) is 0 Å². The van der Waals surface area contributed by atoms with E-state index in [-0.39, 0.29) is 31.2 Å². The van der Waals surface area contributed by atoms with Gasteiger partial charge in [0.1, 0.15) is 6.61 Å². The van der Waals surface area contributed by atoms with Gasteiger partial charge in [-0.25, -0.2) is 0 Å². The molecule has 0 aliphatic carbocycles. The van der Waals surface area contributed by atoms with Crippen LogP contribution in [0.3, 0.4) is 0 Å². The molecule has 0 saturated heterocycles. The summed E-state index contributed by atoms with van der Waals surface area (Å²) in [7, 11) is 1.61. The lowest BCUT2D eigenvalue weighted by atomic mass is 9.95. The quantitative estimate of drug-likeness (QED) is 0.544. The van der Waals surface area contributed by atoms with Crippen LogP contribution in [0.15, 0.2) is 33.7 Å². The molecular weight excluding hydrogens is 410 g/mol. The predicted molar refractivity (Wildman–Crippen MR) is 101 cm³/mol. The predicted octanol–water partition coefficient (Wildman–Crippen LogP) is 2.89. The van der Waals surface area contributed by atoms with E-state index in [4.69, 9.17) is 21.4 Å². The van der Waals surface area contributed by atoms with Gasteiger partial charge in [0.2, 0.25) is 0 Å². The van der Waals surface area contributed by atoms with E-state index in [0.29, 0.717) is 28.1 Å². The smallest absolute Gasteiger partial charge is 0.253 e. The number of aryl methyl sites for hydroxylation is 1. The Hall–Kier alpha value is -1.47. The molecule has 1 aromatic heterocycles. The fourth-order valence-corrected chi connectivity index (χ4v) is 3.30. The van der Waals surface area contributed by atoms with Gasteiger partial charge in [-0.3, -0.25) is 9.59 Å². The summed E-state index contributed by atoms with van der Waals surface area (Å²) in [6.07, 6.45) is 1.90. The lowest BCUT2D eigenvalue weighted by Crippen LogP contribution is -2.25. The zero-order chi connectivity index (χ0) is 18.6. The number of hydrogen-bond donors (Lipinski definition) is 1. The summed E-state index contributed by atoms with van der Waals surface area (Å²) in [5.74, 6) is -0.240. The first-order valence-electron chi connectivity index (χ1n) is 7.70. The highest BCUT2D eigenvalue weighted by molar-refractivity contribution is 9.10. The van der Waals surface area contributed by atoms with E-state index in [1.807, 2.05) is 12.1 Å². The number of pyridine rings is 1. The summed E-state index contributed by atoms with van der Waals surface area (Å²) in [5, 5.41) is 9.34. The summed E-state index contributed by atoms with van der Waals surface area (Å²) in [6, 6.07) is 5.50. The molecule has 1 aromatic carbocycles. The number of ether oxygens (including phenoxy) is 1. The number of Topliss-reactive ketones (excluding diaryl/α,β-unsaturated/α-hetero) is 1. The van der Waals surface area contributed by atoms with Crippen LogP contribution in [-0.4, -0.2) is 35.3 Å². The molecule has 0 amide bonds. The second kappa shape index (κ2) is 8.76. The molecule has 0 radical (unpaired) electrons. The van der Waals surface area contributed by atoms with Crippen LogP contribution in [0.5, 0.6) is 0 Å². The van der Waals surface area contributed by atoms with Crippen molar-refractivity contribution in [2.45, 2.75) is 13.3 Å². The van der Waals surface area contributed by atoms with Crippen molar-refractivity contribution in [3.63, 3.8) is 0 Å². The van der Waals surface area contributed by atoms with Gasteiger partial charge in [0.05, 0.1) is 13.2 Å². The van der Waals surface area contributed by atoms with Crippen molar-refractivity contribution in [1.82, 2.24) is 4.57 Å². The molecule has 2 aromatic rings. The molecule has 0 spiro atoms. The van der Waals surface area contributed by atoms with Gasteiger partial charge < -0.3 is 14.4 Å². The molecule has 0 bridgehead atoms. The van der Waals surface area contributed by atoms with E-state index in [1.165, 1.54) is 10.8 Å². The van der Waals surface area contributed by atoms with Crippen molar-refractivity contribution >= 4 is 33.3 Å². The largest absolute Gasteiger partial charge is 0.394 e. The van der Waals surface area contributed by atoms with Gasteiger partial charge in [0.25, 0.3) is 5.56 Å². The lowest BCUT2D eigenvalue weighted by molar-refractivity contribution is 0.0662. The first-order chi connectivity index (χ1) is 11.8. The number of halogens is 2. The van der Waals surface area contributed by atoms with Crippen molar-refractivity contribution in [1.29, 1.82) is 0 Å². The molecule has 134 valence electrons. The van der Waals surface area contributed by atoms with Crippen molar-refractivity contribution < 1.29 is 14.6 Å². The maximum Gasteiger partial charge on any atom is 0.253 e. The zero-order valence-corrected chi connectivity index (χ0v) is 16.4. The minimum absolute atomic E-state index is 0.0877. The van der Waals surface area contributed by atoms with Crippen LogP contribution < -0.4 is 5.56 Å². The third-order valence-electron chi connectivity index (χ3n) is 3.89. The van der Waals surface area contributed by atoms with E-state index in [9.17, 15) is 9.59 Å². The summed E-state index contributed by atoms with van der Waals surface area (Å²) in [6.45, 7) is 1.49. The molecule has 2 rings (SSSR count). The van der Waals surface area contributed by atoms with Gasteiger partial charge in [-0.1, -0.05) is 33.6 Å². The number of carbonyl (C=O) groups excluding carboxylic acids is 1. The van der Waals surface area contributed by atoms with E-state index in [2.05, 4.69) is 15.9 Å². The summed E-state index contributed by atoms with van der Waals surface area (Å²) in [5.41, 5.74) is 2.25. The van der Waals surface area contributed by atoms with E-state index < -0.39 is 0 Å². The fourth-order valence-electron chi connectivity index (χ4n) is 2.56. The number of hydrogen-bond acceptors (Lipinski definition) is 4. The second-order valence-corrected chi connectivity index (χ2v) is 7.00. The molecule has 25 heavy (non-hydrogen) atoms. The maximum atomic E-state index is 12.5. The monoisotopic (exact) mass is 427 g/mol. The van der Waals surface area contributed by atoms with Gasteiger partial charge in [-0.05, 0) is 30.2 Å². The number of carbonyl (C=O) groups is 1. The molecule has 5 nitrogen and oxygen atoms in total. The maximum absolute atomic E-state index is 12.5. The number of aliphatic hydroxyl groups is 1. The average molecular weight is 429 g/mol. The summed E-state index contributed by atoms with van der Waals surface area (Å²) < 4.78 is 7.38. The molecule has 0 aliphatic rings. The highest BCUT2D eigenvalue weighted by Crippen LogP contribution is 2.25. The Morgan fingerprint density at radius 3 is 2.76 bits per heavy atom. The Morgan fingerprint density at radius 2 is 2.12 bits per heavy atom. The van der Waals surface area contributed by atoms with Crippen LogP contribution in [0, 0.1) is 6.92 Å². The van der Waals surface area contributed by atoms with Crippen molar-refractivity contribution in [2.24, 2.45) is 7.05 Å². The number of aromatic nitrogens is 1. The Bertz CT molecular complexity index is 848. The highest BCUT2D eigenvalue weighted by Gasteiger charge is 2.18. The Labute approximate surface area is 159 Å². The van der Waals surface area contributed by atoms with Crippen LogP contribution in [-0.2, 0) is 18.2 Å². The fraction of sp³-hybridized carbons (Fsp3) is 0.333. The summed E-state index contributed by atoms with van der Waals surface area (Å²) >= 11 is 9.65. The van der Waals surface area contributed by atoms with E-state index in [0.717, 1.165) is 10.0 Å². The van der Waals surface area contributed by atoms with Gasteiger partial charge in [0, 0.05) is 40.3 Å². The number of rotatable bonds is 7. The van der Waals surface area contributed by atoms with Crippen LogP contribution in [0.2, 0.25) is 5.02 Å². The first kappa shape index (κ1) is 19.8. The Balaban J connectivity index is 2.45. The lowest BCUT2D eigenvalue weighted by Gasteiger charge is -2.15. The van der Waals surface area contributed by atoms with Gasteiger partial charge >= 0.3 is 0 Å². The number of benzene rings is 1. The van der Waals surface area contributed by atoms with Gasteiger partial charge in [0.15, 0.2) is 5.78 Å². The molecule has 0 aliphatic heterocycles. The molecule has 0 saturated carbocycles. The standard InChI is InChI=1S/C18H19BrClNO4/c1-11-14(7-12-3-4-13(19)8-16(12)20)15(9-21(2)18(11)24)17(23)10-25-6-5-22/h3-4,8-9,22H,5-7,10H2,1-2H3. The molecule has 1 N–H and O–H groups in total. The van der Waals surface area contributed by atoms with Crippen molar-refractivity contribution in [2.75, 3.05) is 19.8 Å². The molecular formula is C18H19BrClNO4. The highest BCUT2D eigenvalue weighted by atomic mass is 79.9. The zero-order valence-electron chi connectivity index (χ0n) is 14.0. The number of nitrogens with zero attached hydrogens (tertiary/aromatic N) is 1. The second-order valence-electron chi connectivity index (χ2n) is 5.67. The van der Waals surface area contributed by atoms with Crippen molar-refractivity contribution in [3.05, 3.63) is 66.5 Å². The van der Waals surface area contributed by atoms with Gasteiger partial charge in [-0.2, -0.15) is 0 Å². The molecule has 1 heterocycles. The topological polar surface area (TPSA) is 68.5 Å². The molecule has 7 heteroatoms. The van der Waals surface area contributed by atoms with Crippen LogP contribution in [0.4, 0.5) is 0 Å². The third kappa shape index (κ3) is 4.79. The minimum atomic E-state index is -0.240. The Morgan fingerprint density at radius 1 is 1.40 bits per heavy atom. The number of ketones is 1. The average Bonchev–Trinajstić information content (AvgIpc) is 2.57. The molecule has 0 fully saturated rings. The van der Waals surface area contributed by atoms with Gasteiger partial charge in [-0.15, -0.1) is 0 Å². The normalized spacial score (nSPS) is 10.9. The SMILES string of the molecule is Cc1c(Cc2ccc(Br)cc2Cl)c(C(=O)COCCO)cn(C)c1=O. The summed E-state index contributed by atoms with van der Waals surface area (Å²) in [4.78, 5) is 24.8. The minimum Gasteiger partial charge on any atom is -0.394 e. The van der Waals surface area contributed by atoms with E-state index >= 15 is 0 Å².